The Morgan fingerprint density at radius 3 is 2.77 bits per heavy atom. The molecule has 0 spiro atoms. The number of amides is 1. The van der Waals surface area contributed by atoms with Crippen LogP contribution in [0.5, 0.6) is 0 Å². The molecule has 156 valence electrons. The van der Waals surface area contributed by atoms with E-state index >= 15 is 0 Å². The number of rotatable bonds is 5. The highest BCUT2D eigenvalue weighted by Crippen LogP contribution is 2.24. The molecule has 1 aliphatic rings. The third-order valence-corrected chi connectivity index (χ3v) is 6.05. The van der Waals surface area contributed by atoms with E-state index in [1.165, 1.54) is 17.1 Å². The number of halogens is 1. The molecule has 0 unspecified atom stereocenters. The van der Waals surface area contributed by atoms with Gasteiger partial charge in [-0.2, -0.15) is 4.98 Å². The summed E-state index contributed by atoms with van der Waals surface area (Å²) in [6, 6.07) is 10.9. The summed E-state index contributed by atoms with van der Waals surface area (Å²) in [6.45, 7) is -0.00764. The summed E-state index contributed by atoms with van der Waals surface area (Å²) < 4.78 is 7.72. The predicted octanol–water partition coefficient (Wildman–Crippen LogP) is 4.12. The molecular formula is C22H23BrN4O3. The van der Waals surface area contributed by atoms with E-state index in [4.69, 9.17) is 4.52 Å². The Morgan fingerprint density at radius 1 is 1.20 bits per heavy atom. The van der Waals surface area contributed by atoms with Crippen LogP contribution in [-0.2, 0) is 11.3 Å². The Bertz CT molecular complexity index is 1100. The van der Waals surface area contributed by atoms with Crippen molar-refractivity contribution >= 4 is 21.8 Å². The third kappa shape index (κ3) is 4.53. The molecule has 1 aliphatic carbocycles. The number of carbonyl (C=O) groups is 1. The van der Waals surface area contributed by atoms with Crippen molar-refractivity contribution in [3.05, 3.63) is 57.4 Å². The molecule has 0 saturated heterocycles. The van der Waals surface area contributed by atoms with Gasteiger partial charge in [0, 0.05) is 35.4 Å². The molecule has 1 fully saturated rings. The fourth-order valence-corrected chi connectivity index (χ4v) is 4.20. The van der Waals surface area contributed by atoms with Crippen LogP contribution in [0.2, 0.25) is 0 Å². The Balaban J connectivity index is 1.53. The van der Waals surface area contributed by atoms with E-state index in [0.29, 0.717) is 17.3 Å². The van der Waals surface area contributed by atoms with Crippen molar-refractivity contribution in [2.45, 2.75) is 44.7 Å². The number of benzene rings is 1. The molecule has 7 nitrogen and oxygen atoms in total. The average molecular weight is 471 g/mol. The molecule has 0 atom stereocenters. The van der Waals surface area contributed by atoms with Gasteiger partial charge in [0.2, 0.25) is 11.7 Å². The van der Waals surface area contributed by atoms with E-state index in [1.54, 1.807) is 17.2 Å². The first-order chi connectivity index (χ1) is 14.5. The second kappa shape index (κ2) is 8.95. The zero-order valence-corrected chi connectivity index (χ0v) is 18.3. The number of hydrogen-bond donors (Lipinski definition) is 0. The van der Waals surface area contributed by atoms with Crippen molar-refractivity contribution in [1.29, 1.82) is 0 Å². The number of pyridine rings is 1. The van der Waals surface area contributed by atoms with Crippen molar-refractivity contribution in [2.75, 3.05) is 7.05 Å². The first-order valence-corrected chi connectivity index (χ1v) is 10.9. The van der Waals surface area contributed by atoms with E-state index in [-0.39, 0.29) is 24.1 Å². The van der Waals surface area contributed by atoms with Crippen molar-refractivity contribution in [3.63, 3.8) is 0 Å². The maximum Gasteiger partial charge on any atom is 0.259 e. The lowest BCUT2D eigenvalue weighted by Gasteiger charge is -2.31. The minimum absolute atomic E-state index is 0.00764. The molecule has 2 heterocycles. The van der Waals surface area contributed by atoms with Gasteiger partial charge in [-0.1, -0.05) is 52.5 Å². The Morgan fingerprint density at radius 2 is 2.00 bits per heavy atom. The molecule has 0 N–H and O–H groups in total. The molecule has 4 rings (SSSR count). The van der Waals surface area contributed by atoms with Crippen molar-refractivity contribution in [2.24, 2.45) is 0 Å². The lowest BCUT2D eigenvalue weighted by Crippen LogP contribution is -2.41. The summed E-state index contributed by atoms with van der Waals surface area (Å²) in [7, 11) is 1.83. The van der Waals surface area contributed by atoms with Crippen LogP contribution >= 0.6 is 15.9 Å². The smallest absolute Gasteiger partial charge is 0.259 e. The van der Waals surface area contributed by atoms with Gasteiger partial charge in [0.15, 0.2) is 0 Å². The molecular weight excluding hydrogens is 448 g/mol. The number of carbonyl (C=O) groups excluding carboxylic acids is 1. The van der Waals surface area contributed by atoms with Crippen LogP contribution in [0, 0.1) is 0 Å². The highest BCUT2D eigenvalue weighted by molar-refractivity contribution is 9.10. The molecule has 30 heavy (non-hydrogen) atoms. The van der Waals surface area contributed by atoms with Crippen LogP contribution in [0.15, 0.2) is 56.4 Å². The molecule has 0 aliphatic heterocycles. The fraction of sp³-hybridized carbons (Fsp3) is 0.364. The van der Waals surface area contributed by atoms with Crippen molar-refractivity contribution < 1.29 is 9.32 Å². The second-order valence-electron chi connectivity index (χ2n) is 7.61. The van der Waals surface area contributed by atoms with Gasteiger partial charge >= 0.3 is 0 Å². The van der Waals surface area contributed by atoms with Gasteiger partial charge in [-0.05, 0) is 31.0 Å². The van der Waals surface area contributed by atoms with Crippen LogP contribution in [0.25, 0.3) is 22.8 Å². The minimum Gasteiger partial charge on any atom is -0.341 e. The summed E-state index contributed by atoms with van der Waals surface area (Å²) in [4.78, 5) is 31.3. The zero-order chi connectivity index (χ0) is 21.1. The van der Waals surface area contributed by atoms with E-state index in [9.17, 15) is 9.59 Å². The molecule has 1 amide bonds. The molecule has 0 radical (unpaired) electrons. The molecule has 0 bridgehead atoms. The van der Waals surface area contributed by atoms with Gasteiger partial charge in [0.05, 0.1) is 5.56 Å². The lowest BCUT2D eigenvalue weighted by atomic mass is 9.94. The summed E-state index contributed by atoms with van der Waals surface area (Å²) >= 11 is 3.43. The number of aromatic nitrogens is 3. The van der Waals surface area contributed by atoms with Crippen LogP contribution < -0.4 is 5.56 Å². The summed E-state index contributed by atoms with van der Waals surface area (Å²) in [5, 5.41) is 4.04. The highest BCUT2D eigenvalue weighted by Gasteiger charge is 2.22. The average Bonchev–Trinajstić information content (AvgIpc) is 3.26. The molecule has 1 aromatic carbocycles. The largest absolute Gasteiger partial charge is 0.341 e. The topological polar surface area (TPSA) is 81.2 Å². The van der Waals surface area contributed by atoms with Crippen LogP contribution in [0.1, 0.15) is 32.1 Å². The molecule has 1 saturated carbocycles. The second-order valence-corrected chi connectivity index (χ2v) is 8.53. The highest BCUT2D eigenvalue weighted by atomic mass is 79.9. The van der Waals surface area contributed by atoms with E-state index in [1.807, 2.05) is 31.3 Å². The van der Waals surface area contributed by atoms with Gasteiger partial charge in [-0.15, -0.1) is 0 Å². The number of likely N-dealkylation sites (N-methyl/N-ethyl adjacent to an activating group) is 1. The van der Waals surface area contributed by atoms with Gasteiger partial charge in [-0.3, -0.25) is 9.59 Å². The van der Waals surface area contributed by atoms with Crippen LogP contribution in [0.3, 0.4) is 0 Å². The summed E-state index contributed by atoms with van der Waals surface area (Å²) in [6.07, 6.45) is 7.18. The van der Waals surface area contributed by atoms with E-state index < -0.39 is 0 Å². The Labute approximate surface area is 182 Å². The predicted molar refractivity (Wildman–Crippen MR) is 117 cm³/mol. The zero-order valence-electron chi connectivity index (χ0n) is 16.8. The number of hydrogen-bond acceptors (Lipinski definition) is 5. The van der Waals surface area contributed by atoms with Gasteiger partial charge in [-0.25, -0.2) is 0 Å². The van der Waals surface area contributed by atoms with Gasteiger partial charge < -0.3 is 14.0 Å². The van der Waals surface area contributed by atoms with Crippen LogP contribution in [0.4, 0.5) is 0 Å². The first kappa shape index (κ1) is 20.5. The fourth-order valence-electron chi connectivity index (χ4n) is 3.80. The quantitative estimate of drug-likeness (QED) is 0.559. The number of nitrogens with zero attached hydrogens (tertiary/aromatic N) is 4. The van der Waals surface area contributed by atoms with Crippen LogP contribution in [-0.4, -0.2) is 38.6 Å². The monoisotopic (exact) mass is 470 g/mol. The Hall–Kier alpha value is -2.74. The standard InChI is InChI=1S/C22H23BrN4O3/c1-26(18-8-3-2-4-9-18)20(29)14-27-13-16(10-11-19(27)28)22-24-21(25-30-22)15-6-5-7-17(23)12-15/h5-7,10-13,18H,2-4,8-9,14H2,1H3. The van der Waals surface area contributed by atoms with Crippen molar-refractivity contribution in [1.82, 2.24) is 19.6 Å². The van der Waals surface area contributed by atoms with E-state index in [0.717, 1.165) is 35.7 Å². The third-order valence-electron chi connectivity index (χ3n) is 5.56. The normalized spacial score (nSPS) is 14.6. The van der Waals surface area contributed by atoms with E-state index in [2.05, 4.69) is 26.1 Å². The Kier molecular flexibility index (Phi) is 6.13. The first-order valence-electron chi connectivity index (χ1n) is 10.1. The molecule has 8 heteroatoms. The minimum atomic E-state index is -0.240. The lowest BCUT2D eigenvalue weighted by molar-refractivity contribution is -0.133. The SMILES string of the molecule is CN(C(=O)Cn1cc(-c2nc(-c3cccc(Br)c3)no2)ccc1=O)C1CCCCC1. The van der Waals surface area contributed by atoms with Gasteiger partial charge in [0.1, 0.15) is 6.54 Å². The summed E-state index contributed by atoms with van der Waals surface area (Å²) in [5.41, 5.74) is 1.17. The van der Waals surface area contributed by atoms with Gasteiger partial charge in [0.25, 0.3) is 11.4 Å². The maximum atomic E-state index is 12.7. The summed E-state index contributed by atoms with van der Waals surface area (Å²) in [5.74, 6) is 0.686. The maximum absolute atomic E-state index is 12.7. The van der Waals surface area contributed by atoms with Crippen molar-refractivity contribution in [3.8, 4) is 22.8 Å². The molecule has 3 aromatic rings. The molecule has 2 aromatic heterocycles.